The van der Waals surface area contributed by atoms with Crippen LogP contribution < -0.4 is 0 Å². The summed E-state index contributed by atoms with van der Waals surface area (Å²) in [7, 11) is 0.0869. The van der Waals surface area contributed by atoms with Crippen LogP contribution in [0.2, 0.25) is 6.04 Å². The minimum absolute atomic E-state index is 0.0869. The summed E-state index contributed by atoms with van der Waals surface area (Å²) in [5.41, 5.74) is 2.47. The molecule has 0 saturated heterocycles. The second-order valence-electron chi connectivity index (χ2n) is 4.42. The van der Waals surface area contributed by atoms with Gasteiger partial charge in [-0.05, 0) is 32.6 Å². The average molecular weight is 257 g/mol. The van der Waals surface area contributed by atoms with Gasteiger partial charge in [0.1, 0.15) is 0 Å². The Kier molecular flexibility index (Phi) is 10.9. The summed E-state index contributed by atoms with van der Waals surface area (Å²) in [6.45, 7) is 16.0. The van der Waals surface area contributed by atoms with Crippen LogP contribution in [0.5, 0.6) is 0 Å². The van der Waals surface area contributed by atoms with E-state index in [2.05, 4.69) is 56.2 Å². The second kappa shape index (κ2) is 11.0. The van der Waals surface area contributed by atoms with Crippen LogP contribution in [0.1, 0.15) is 41.0 Å². The SMILES string of the molecule is CC[SiH2]C=CCC(N(CC)CC)N(CC)CC. The van der Waals surface area contributed by atoms with Crippen LogP contribution >= 0.6 is 0 Å². The van der Waals surface area contributed by atoms with E-state index in [1.807, 2.05) is 0 Å². The van der Waals surface area contributed by atoms with Gasteiger partial charge in [0.2, 0.25) is 0 Å². The zero-order valence-electron chi connectivity index (χ0n) is 12.6. The predicted molar refractivity (Wildman–Crippen MR) is 82.4 cm³/mol. The van der Waals surface area contributed by atoms with Gasteiger partial charge >= 0.3 is 0 Å². The van der Waals surface area contributed by atoms with Crippen molar-refractivity contribution in [2.24, 2.45) is 0 Å². The number of hydrogen-bond acceptors (Lipinski definition) is 2. The van der Waals surface area contributed by atoms with E-state index < -0.39 is 0 Å². The summed E-state index contributed by atoms with van der Waals surface area (Å²) >= 11 is 0. The van der Waals surface area contributed by atoms with E-state index in [9.17, 15) is 0 Å². The normalized spacial score (nSPS) is 13.2. The van der Waals surface area contributed by atoms with Gasteiger partial charge in [-0.25, -0.2) is 0 Å². The topological polar surface area (TPSA) is 6.48 Å². The molecule has 0 heterocycles. The first-order chi connectivity index (χ1) is 8.24. The fourth-order valence-electron chi connectivity index (χ4n) is 2.32. The second-order valence-corrected chi connectivity index (χ2v) is 6.47. The van der Waals surface area contributed by atoms with E-state index in [0.717, 1.165) is 26.2 Å². The smallest absolute Gasteiger partial charge is 0.0657 e. The lowest BCUT2D eigenvalue weighted by Gasteiger charge is -2.37. The number of hydrogen-bond donors (Lipinski definition) is 0. The van der Waals surface area contributed by atoms with Crippen molar-refractivity contribution in [3.05, 3.63) is 11.8 Å². The first-order valence-corrected chi connectivity index (χ1v) is 9.19. The molecule has 0 N–H and O–H groups in total. The Labute approximate surface area is 111 Å². The monoisotopic (exact) mass is 256 g/mol. The minimum Gasteiger partial charge on any atom is -0.288 e. The lowest BCUT2D eigenvalue weighted by molar-refractivity contribution is 0.0590. The van der Waals surface area contributed by atoms with Gasteiger partial charge < -0.3 is 0 Å². The molecule has 17 heavy (non-hydrogen) atoms. The maximum Gasteiger partial charge on any atom is 0.0657 e. The van der Waals surface area contributed by atoms with Crippen LogP contribution in [-0.2, 0) is 0 Å². The highest BCUT2D eigenvalue weighted by Crippen LogP contribution is 2.11. The van der Waals surface area contributed by atoms with Crippen molar-refractivity contribution in [1.29, 1.82) is 0 Å². The zero-order chi connectivity index (χ0) is 13.1. The molecule has 0 radical (unpaired) electrons. The summed E-state index contributed by atoms with van der Waals surface area (Å²) in [5, 5.41) is 0. The lowest BCUT2D eigenvalue weighted by Crippen LogP contribution is -2.48. The summed E-state index contributed by atoms with van der Waals surface area (Å²) in [6, 6.07) is 1.39. The van der Waals surface area contributed by atoms with Crippen molar-refractivity contribution in [3.8, 4) is 0 Å². The Balaban J connectivity index is 4.48. The standard InChI is InChI=1S/C14H32N2Si/c1-6-15(7-2)14(16(8-3)9-4)12-11-13-17-10-5/h11,13-14H,6-10,12,17H2,1-5H3. The third-order valence-electron chi connectivity index (χ3n) is 3.44. The lowest BCUT2D eigenvalue weighted by atomic mass is 10.2. The van der Waals surface area contributed by atoms with Gasteiger partial charge in [-0.1, -0.05) is 46.7 Å². The molecule has 0 spiro atoms. The molecule has 0 aliphatic rings. The van der Waals surface area contributed by atoms with E-state index in [1.165, 1.54) is 12.5 Å². The van der Waals surface area contributed by atoms with E-state index in [4.69, 9.17) is 0 Å². The fraction of sp³-hybridized carbons (Fsp3) is 0.857. The van der Waals surface area contributed by atoms with Crippen LogP contribution in [-0.4, -0.2) is 51.7 Å². The average Bonchev–Trinajstić information content (AvgIpc) is 2.36. The maximum atomic E-state index is 2.57. The zero-order valence-corrected chi connectivity index (χ0v) is 14.0. The minimum atomic E-state index is 0.0869. The molecular weight excluding hydrogens is 224 g/mol. The molecule has 0 aliphatic heterocycles. The van der Waals surface area contributed by atoms with Gasteiger partial charge in [0.15, 0.2) is 0 Å². The van der Waals surface area contributed by atoms with Gasteiger partial charge in [-0.2, -0.15) is 0 Å². The van der Waals surface area contributed by atoms with Gasteiger partial charge in [0.25, 0.3) is 0 Å². The summed E-state index contributed by atoms with van der Waals surface area (Å²) in [4.78, 5) is 5.15. The Morgan fingerprint density at radius 3 is 1.71 bits per heavy atom. The first kappa shape index (κ1) is 16.9. The highest BCUT2D eigenvalue weighted by atomic mass is 28.2. The van der Waals surface area contributed by atoms with E-state index in [1.54, 1.807) is 0 Å². The molecule has 0 aromatic rings. The number of rotatable bonds is 10. The van der Waals surface area contributed by atoms with Gasteiger partial charge in [-0.15, -0.1) is 5.70 Å². The molecule has 0 fully saturated rings. The van der Waals surface area contributed by atoms with Crippen molar-refractivity contribution < 1.29 is 0 Å². The molecule has 0 aliphatic carbocycles. The van der Waals surface area contributed by atoms with Crippen molar-refractivity contribution in [2.75, 3.05) is 26.2 Å². The molecule has 0 bridgehead atoms. The van der Waals surface area contributed by atoms with Crippen molar-refractivity contribution in [3.63, 3.8) is 0 Å². The first-order valence-electron chi connectivity index (χ1n) is 7.37. The van der Waals surface area contributed by atoms with Gasteiger partial charge in [0.05, 0.1) is 6.17 Å². The number of nitrogens with zero attached hydrogens (tertiary/aromatic N) is 2. The van der Waals surface area contributed by atoms with Crippen LogP contribution in [0.15, 0.2) is 11.8 Å². The quantitative estimate of drug-likeness (QED) is 0.438. The Morgan fingerprint density at radius 2 is 1.35 bits per heavy atom. The van der Waals surface area contributed by atoms with E-state index in [-0.39, 0.29) is 9.52 Å². The Morgan fingerprint density at radius 1 is 0.882 bits per heavy atom. The molecule has 0 saturated carbocycles. The van der Waals surface area contributed by atoms with Crippen molar-refractivity contribution in [2.45, 2.75) is 53.2 Å². The Hall–Kier alpha value is -0.123. The van der Waals surface area contributed by atoms with Crippen LogP contribution in [0.25, 0.3) is 0 Å². The van der Waals surface area contributed by atoms with Crippen LogP contribution in [0, 0.1) is 0 Å². The molecule has 0 rings (SSSR count). The van der Waals surface area contributed by atoms with Crippen LogP contribution in [0.4, 0.5) is 0 Å². The largest absolute Gasteiger partial charge is 0.288 e. The van der Waals surface area contributed by atoms with Gasteiger partial charge in [0, 0.05) is 9.52 Å². The van der Waals surface area contributed by atoms with E-state index >= 15 is 0 Å². The van der Waals surface area contributed by atoms with Gasteiger partial charge in [-0.3, -0.25) is 9.80 Å². The fourth-order valence-corrected chi connectivity index (χ4v) is 3.08. The molecule has 2 nitrogen and oxygen atoms in total. The third-order valence-corrected chi connectivity index (χ3v) is 4.68. The van der Waals surface area contributed by atoms with Crippen LogP contribution in [0.3, 0.4) is 0 Å². The molecule has 102 valence electrons. The molecule has 0 unspecified atom stereocenters. The third kappa shape index (κ3) is 6.39. The van der Waals surface area contributed by atoms with E-state index in [0.29, 0.717) is 6.17 Å². The summed E-state index contributed by atoms with van der Waals surface area (Å²) in [5.74, 6) is 0. The Bertz CT molecular complexity index is 175. The summed E-state index contributed by atoms with van der Waals surface area (Å²) < 4.78 is 0. The molecule has 0 aromatic heterocycles. The summed E-state index contributed by atoms with van der Waals surface area (Å²) in [6.07, 6.45) is 4.22. The van der Waals surface area contributed by atoms with Crippen molar-refractivity contribution in [1.82, 2.24) is 9.80 Å². The molecule has 3 heteroatoms. The van der Waals surface area contributed by atoms with Crippen molar-refractivity contribution >= 4 is 9.52 Å². The molecular formula is C14H32N2Si. The molecule has 0 aromatic carbocycles. The maximum absolute atomic E-state index is 2.57. The highest BCUT2D eigenvalue weighted by molar-refractivity contribution is 6.41. The molecule has 0 amide bonds. The highest BCUT2D eigenvalue weighted by Gasteiger charge is 2.19. The predicted octanol–water partition coefficient (Wildman–Crippen LogP) is 2.51. The molecule has 0 atom stereocenters.